The summed E-state index contributed by atoms with van der Waals surface area (Å²) in [7, 11) is 0. The molecule has 0 aromatic carbocycles. The van der Waals surface area contributed by atoms with E-state index < -0.39 is 0 Å². The van der Waals surface area contributed by atoms with Gasteiger partial charge in [0.05, 0.1) is 0 Å². The smallest absolute Gasteiger partial charge is 0.00483 e. The van der Waals surface area contributed by atoms with Crippen LogP contribution in [0.25, 0.3) is 0 Å². The van der Waals surface area contributed by atoms with Crippen LogP contribution < -0.4 is 5.32 Å². The SMILES string of the molecule is CC(C)CN(CC(C)(C)C)CC1(C)CCNC1.Cl. The topological polar surface area (TPSA) is 15.3 Å². The Bertz CT molecular complexity index is 227. The molecule has 0 bridgehead atoms. The number of hydrogen-bond donors (Lipinski definition) is 1. The van der Waals surface area contributed by atoms with Crippen molar-refractivity contribution in [3.63, 3.8) is 0 Å². The van der Waals surface area contributed by atoms with Gasteiger partial charge in [-0.05, 0) is 29.7 Å². The summed E-state index contributed by atoms with van der Waals surface area (Å²) >= 11 is 0. The van der Waals surface area contributed by atoms with Crippen molar-refractivity contribution in [2.45, 2.75) is 48.0 Å². The highest BCUT2D eigenvalue weighted by atomic mass is 35.5. The fraction of sp³-hybridized carbons (Fsp3) is 1.00. The molecule has 1 saturated heterocycles. The third-order valence-corrected chi connectivity index (χ3v) is 3.38. The van der Waals surface area contributed by atoms with Gasteiger partial charge >= 0.3 is 0 Å². The maximum absolute atomic E-state index is 3.51. The Morgan fingerprint density at radius 1 is 1.28 bits per heavy atom. The van der Waals surface area contributed by atoms with Crippen molar-refractivity contribution in [1.29, 1.82) is 0 Å². The van der Waals surface area contributed by atoms with Crippen LogP contribution in [0.4, 0.5) is 0 Å². The molecule has 0 aromatic rings. The van der Waals surface area contributed by atoms with Crippen LogP contribution in [-0.4, -0.2) is 37.6 Å². The Balaban J connectivity index is 0.00000289. The molecule has 2 nitrogen and oxygen atoms in total. The van der Waals surface area contributed by atoms with Crippen LogP contribution in [0.3, 0.4) is 0 Å². The highest BCUT2D eigenvalue weighted by Crippen LogP contribution is 2.27. The van der Waals surface area contributed by atoms with Crippen molar-refractivity contribution >= 4 is 12.4 Å². The second-order valence-electron chi connectivity index (χ2n) is 7.86. The quantitative estimate of drug-likeness (QED) is 0.828. The molecule has 0 radical (unpaired) electrons. The van der Waals surface area contributed by atoms with Crippen LogP contribution in [0.2, 0.25) is 0 Å². The van der Waals surface area contributed by atoms with Crippen LogP contribution in [0, 0.1) is 16.7 Å². The first kappa shape index (κ1) is 18.2. The van der Waals surface area contributed by atoms with Gasteiger partial charge in [-0.3, -0.25) is 0 Å². The van der Waals surface area contributed by atoms with E-state index in [1.807, 2.05) is 0 Å². The summed E-state index contributed by atoms with van der Waals surface area (Å²) in [6.07, 6.45) is 1.33. The third kappa shape index (κ3) is 6.96. The fourth-order valence-electron chi connectivity index (χ4n) is 2.92. The maximum atomic E-state index is 3.51. The number of nitrogens with one attached hydrogen (secondary N) is 1. The molecule has 1 N–H and O–H groups in total. The lowest BCUT2D eigenvalue weighted by Gasteiger charge is -2.36. The number of halogens is 1. The second kappa shape index (κ2) is 7.12. The van der Waals surface area contributed by atoms with E-state index in [4.69, 9.17) is 0 Å². The lowest BCUT2D eigenvalue weighted by molar-refractivity contribution is 0.120. The maximum Gasteiger partial charge on any atom is 0.00483 e. The summed E-state index contributed by atoms with van der Waals surface area (Å²) in [4.78, 5) is 2.68. The number of nitrogens with zero attached hydrogens (tertiary/aromatic N) is 1. The van der Waals surface area contributed by atoms with Gasteiger partial charge < -0.3 is 10.2 Å². The van der Waals surface area contributed by atoms with Crippen molar-refractivity contribution in [3.8, 4) is 0 Å². The molecule has 1 unspecified atom stereocenters. The van der Waals surface area contributed by atoms with E-state index in [0.717, 1.165) is 5.92 Å². The standard InChI is InChI=1S/C15H32N2.ClH/c1-13(2)9-17(11-14(3,4)5)12-15(6)7-8-16-10-15;/h13,16H,7-12H2,1-6H3;1H. The first-order valence-corrected chi connectivity index (χ1v) is 7.13. The third-order valence-electron chi connectivity index (χ3n) is 3.38. The zero-order valence-corrected chi connectivity index (χ0v) is 14.0. The molecule has 0 amide bonds. The van der Waals surface area contributed by atoms with E-state index in [1.165, 1.54) is 39.1 Å². The summed E-state index contributed by atoms with van der Waals surface area (Å²) in [5, 5.41) is 3.51. The second-order valence-corrected chi connectivity index (χ2v) is 7.86. The molecule has 0 aliphatic carbocycles. The van der Waals surface area contributed by atoms with E-state index in [2.05, 4.69) is 51.8 Å². The van der Waals surface area contributed by atoms with E-state index in [0.29, 0.717) is 10.8 Å². The molecule has 1 aliphatic rings. The molecule has 1 atom stereocenters. The zero-order chi connectivity index (χ0) is 13.1. The minimum Gasteiger partial charge on any atom is -0.316 e. The molecule has 110 valence electrons. The highest BCUT2D eigenvalue weighted by molar-refractivity contribution is 5.85. The first-order chi connectivity index (χ1) is 7.70. The van der Waals surface area contributed by atoms with E-state index >= 15 is 0 Å². The van der Waals surface area contributed by atoms with Gasteiger partial charge in [0.2, 0.25) is 0 Å². The summed E-state index contributed by atoms with van der Waals surface area (Å²) in [6.45, 7) is 20.2. The molecule has 0 aromatic heterocycles. The Morgan fingerprint density at radius 3 is 2.28 bits per heavy atom. The van der Waals surface area contributed by atoms with Crippen LogP contribution in [0.1, 0.15) is 48.0 Å². The van der Waals surface area contributed by atoms with Gasteiger partial charge in [-0.2, -0.15) is 0 Å². The summed E-state index contributed by atoms with van der Waals surface area (Å²) in [5.74, 6) is 0.760. The van der Waals surface area contributed by atoms with Gasteiger partial charge in [-0.1, -0.05) is 41.5 Å². The summed E-state index contributed by atoms with van der Waals surface area (Å²) < 4.78 is 0. The Labute approximate surface area is 120 Å². The van der Waals surface area contributed by atoms with Crippen LogP contribution in [0.5, 0.6) is 0 Å². The van der Waals surface area contributed by atoms with Gasteiger partial charge in [0, 0.05) is 26.2 Å². The van der Waals surface area contributed by atoms with Crippen molar-refractivity contribution < 1.29 is 0 Å². The molecule has 1 heterocycles. The largest absolute Gasteiger partial charge is 0.316 e. The first-order valence-electron chi connectivity index (χ1n) is 7.13. The Hall–Kier alpha value is 0.210. The average molecular weight is 277 g/mol. The molecule has 3 heteroatoms. The average Bonchev–Trinajstić information content (AvgIpc) is 2.46. The minimum absolute atomic E-state index is 0. The monoisotopic (exact) mass is 276 g/mol. The highest BCUT2D eigenvalue weighted by Gasteiger charge is 2.31. The van der Waals surface area contributed by atoms with E-state index in [1.54, 1.807) is 0 Å². The minimum atomic E-state index is 0. The molecule has 1 rings (SSSR count). The van der Waals surface area contributed by atoms with E-state index in [-0.39, 0.29) is 12.4 Å². The van der Waals surface area contributed by atoms with Gasteiger partial charge in [0.1, 0.15) is 0 Å². The lowest BCUT2D eigenvalue weighted by Crippen LogP contribution is -2.43. The molecule has 1 fully saturated rings. The van der Waals surface area contributed by atoms with Crippen LogP contribution >= 0.6 is 12.4 Å². The van der Waals surface area contributed by atoms with Crippen LogP contribution in [-0.2, 0) is 0 Å². The number of hydrogen-bond acceptors (Lipinski definition) is 2. The molecule has 1 aliphatic heterocycles. The van der Waals surface area contributed by atoms with Crippen molar-refractivity contribution in [1.82, 2.24) is 10.2 Å². The van der Waals surface area contributed by atoms with Crippen molar-refractivity contribution in [2.75, 3.05) is 32.7 Å². The Kier molecular flexibility index (Phi) is 7.20. The van der Waals surface area contributed by atoms with Gasteiger partial charge in [-0.15, -0.1) is 12.4 Å². The van der Waals surface area contributed by atoms with E-state index in [9.17, 15) is 0 Å². The predicted octanol–water partition coefficient (Wildman–Crippen LogP) is 3.41. The fourth-order valence-corrected chi connectivity index (χ4v) is 2.92. The normalized spacial score (nSPS) is 24.7. The molecule has 0 saturated carbocycles. The molecular formula is C15H33ClN2. The molecular weight excluding hydrogens is 244 g/mol. The summed E-state index contributed by atoms with van der Waals surface area (Å²) in [5.41, 5.74) is 0.886. The lowest BCUT2D eigenvalue weighted by atomic mass is 9.87. The molecule has 0 spiro atoms. The van der Waals surface area contributed by atoms with Gasteiger partial charge in [-0.25, -0.2) is 0 Å². The molecule has 18 heavy (non-hydrogen) atoms. The zero-order valence-electron chi connectivity index (χ0n) is 13.2. The van der Waals surface area contributed by atoms with Crippen molar-refractivity contribution in [3.05, 3.63) is 0 Å². The Morgan fingerprint density at radius 2 is 1.89 bits per heavy atom. The summed E-state index contributed by atoms with van der Waals surface area (Å²) in [6, 6.07) is 0. The predicted molar refractivity (Wildman–Crippen MR) is 83.6 cm³/mol. The van der Waals surface area contributed by atoms with Crippen molar-refractivity contribution in [2.24, 2.45) is 16.7 Å². The van der Waals surface area contributed by atoms with Gasteiger partial charge in [0.15, 0.2) is 0 Å². The van der Waals surface area contributed by atoms with Gasteiger partial charge in [0.25, 0.3) is 0 Å². The number of rotatable bonds is 5. The van der Waals surface area contributed by atoms with Crippen LogP contribution in [0.15, 0.2) is 0 Å².